The summed E-state index contributed by atoms with van der Waals surface area (Å²) in [5, 5.41) is 14.2. The van der Waals surface area contributed by atoms with E-state index in [4.69, 9.17) is 0 Å². The number of nitrogens with zero attached hydrogens (tertiary/aromatic N) is 4. The van der Waals surface area contributed by atoms with Crippen LogP contribution < -0.4 is 0 Å². The molecule has 0 aromatic heterocycles. The topological polar surface area (TPSA) is 49.4 Å². The number of hydrogen-bond donors (Lipinski definition) is 0. The van der Waals surface area contributed by atoms with Gasteiger partial charge in [0.1, 0.15) is 0 Å². The molecule has 0 saturated heterocycles. The standard InChI is InChI=1S/C2H4N4/c1-3-5-2-6-4-1/h1-2H2. The zero-order chi connectivity index (χ0) is 4.24. The summed E-state index contributed by atoms with van der Waals surface area (Å²) in [6, 6.07) is 0. The molecule has 0 atom stereocenters. The Morgan fingerprint density at radius 2 is 1.00 bits per heavy atom. The smallest absolute Gasteiger partial charge is 0.166 e. The fourth-order valence-electron chi connectivity index (χ4n) is 0.235. The summed E-state index contributed by atoms with van der Waals surface area (Å²) in [5.74, 6) is 0. The second kappa shape index (κ2) is 1.59. The molecule has 1 rings (SSSR count). The first-order valence-electron chi connectivity index (χ1n) is 1.66. The quantitative estimate of drug-likeness (QED) is 0.417. The number of hydrogen-bond acceptors (Lipinski definition) is 4. The minimum atomic E-state index is 0.417. The molecule has 1 aliphatic heterocycles. The highest BCUT2D eigenvalue weighted by atomic mass is 15.3. The molecule has 1 heterocycles. The van der Waals surface area contributed by atoms with E-state index in [1.54, 1.807) is 0 Å². The van der Waals surface area contributed by atoms with Crippen LogP contribution in [0.2, 0.25) is 0 Å². The molecule has 0 N–H and O–H groups in total. The van der Waals surface area contributed by atoms with Crippen molar-refractivity contribution in [2.45, 2.75) is 0 Å². The van der Waals surface area contributed by atoms with Gasteiger partial charge in [-0.25, -0.2) is 0 Å². The molecular weight excluding hydrogens is 80.1 g/mol. The first-order chi connectivity index (χ1) is 3.00. The summed E-state index contributed by atoms with van der Waals surface area (Å²) in [4.78, 5) is 0. The van der Waals surface area contributed by atoms with Crippen LogP contribution in [0, 0.1) is 0 Å². The summed E-state index contributed by atoms with van der Waals surface area (Å²) >= 11 is 0. The van der Waals surface area contributed by atoms with Gasteiger partial charge in [0.15, 0.2) is 13.3 Å². The van der Waals surface area contributed by atoms with Crippen molar-refractivity contribution < 1.29 is 0 Å². The Morgan fingerprint density at radius 3 is 1.17 bits per heavy atom. The molecule has 0 fully saturated rings. The normalized spacial score (nSPS) is 18.7. The maximum atomic E-state index is 3.54. The third kappa shape index (κ3) is 0.573. The maximum absolute atomic E-state index is 3.54. The predicted molar refractivity (Wildman–Crippen MR) is 19.4 cm³/mol. The second-order valence-corrected chi connectivity index (χ2v) is 0.849. The molecule has 1 aliphatic rings. The molecule has 0 aromatic rings. The van der Waals surface area contributed by atoms with Crippen LogP contribution in [0.25, 0.3) is 0 Å². The molecular formula is C2H4N4. The predicted octanol–water partition coefficient (Wildman–Crippen LogP) is 0.819. The van der Waals surface area contributed by atoms with Gasteiger partial charge in [0.05, 0.1) is 0 Å². The largest absolute Gasteiger partial charge is 0.170 e. The lowest BCUT2D eigenvalue weighted by atomic mass is 11.1. The van der Waals surface area contributed by atoms with Crippen LogP contribution in [0.15, 0.2) is 20.5 Å². The molecule has 4 heteroatoms. The monoisotopic (exact) mass is 84.0 g/mol. The first-order valence-corrected chi connectivity index (χ1v) is 1.66. The first kappa shape index (κ1) is 3.39. The Labute approximate surface area is 35.0 Å². The molecule has 4 nitrogen and oxygen atoms in total. The van der Waals surface area contributed by atoms with Crippen LogP contribution in [0.5, 0.6) is 0 Å². The van der Waals surface area contributed by atoms with Gasteiger partial charge in [0.25, 0.3) is 0 Å². The Balaban J connectivity index is 2.40. The van der Waals surface area contributed by atoms with Crippen molar-refractivity contribution in [2.75, 3.05) is 13.3 Å². The Hall–Kier alpha value is -0.800. The molecule has 0 bridgehead atoms. The molecule has 0 aromatic carbocycles. The fraction of sp³-hybridized carbons (Fsp3) is 1.00. The van der Waals surface area contributed by atoms with Crippen LogP contribution in [0.1, 0.15) is 0 Å². The van der Waals surface area contributed by atoms with Crippen molar-refractivity contribution in [1.29, 1.82) is 0 Å². The van der Waals surface area contributed by atoms with Crippen molar-refractivity contribution in [1.82, 2.24) is 0 Å². The van der Waals surface area contributed by atoms with Crippen molar-refractivity contribution in [2.24, 2.45) is 20.5 Å². The Bertz CT molecular complexity index is 63.5. The molecule has 0 unspecified atom stereocenters. The van der Waals surface area contributed by atoms with Gasteiger partial charge in [0, 0.05) is 0 Å². The molecule has 0 aliphatic carbocycles. The van der Waals surface area contributed by atoms with Gasteiger partial charge in [-0.2, -0.15) is 20.5 Å². The minimum Gasteiger partial charge on any atom is -0.166 e. The summed E-state index contributed by atoms with van der Waals surface area (Å²) in [6.07, 6.45) is 0. The lowest BCUT2D eigenvalue weighted by Crippen LogP contribution is -1.79. The van der Waals surface area contributed by atoms with Gasteiger partial charge >= 0.3 is 0 Å². The zero-order valence-electron chi connectivity index (χ0n) is 3.20. The minimum absolute atomic E-state index is 0.417. The van der Waals surface area contributed by atoms with Crippen LogP contribution in [-0.2, 0) is 0 Å². The van der Waals surface area contributed by atoms with Crippen molar-refractivity contribution in [3.63, 3.8) is 0 Å². The summed E-state index contributed by atoms with van der Waals surface area (Å²) in [5.41, 5.74) is 0. The lowest BCUT2D eigenvalue weighted by molar-refractivity contribution is 0.733. The molecule has 6 heavy (non-hydrogen) atoms. The van der Waals surface area contributed by atoms with Gasteiger partial charge in [-0.15, -0.1) is 0 Å². The SMILES string of the molecule is C1N=NCN=N1. The summed E-state index contributed by atoms with van der Waals surface area (Å²) in [6.45, 7) is 0.833. The van der Waals surface area contributed by atoms with E-state index < -0.39 is 0 Å². The Kier molecular flexibility index (Phi) is 0.899. The molecule has 0 saturated carbocycles. The summed E-state index contributed by atoms with van der Waals surface area (Å²) < 4.78 is 0. The zero-order valence-corrected chi connectivity index (χ0v) is 3.20. The fourth-order valence-corrected chi connectivity index (χ4v) is 0.235. The summed E-state index contributed by atoms with van der Waals surface area (Å²) in [7, 11) is 0. The second-order valence-electron chi connectivity index (χ2n) is 0.849. The van der Waals surface area contributed by atoms with Gasteiger partial charge in [-0.1, -0.05) is 0 Å². The molecule has 0 amide bonds. The highest BCUT2D eigenvalue weighted by Gasteiger charge is 1.78. The van der Waals surface area contributed by atoms with Crippen LogP contribution >= 0.6 is 0 Å². The van der Waals surface area contributed by atoms with Crippen molar-refractivity contribution >= 4 is 0 Å². The highest BCUT2D eigenvalue weighted by Crippen LogP contribution is 1.86. The maximum Gasteiger partial charge on any atom is 0.170 e. The van der Waals surface area contributed by atoms with Crippen molar-refractivity contribution in [3.8, 4) is 0 Å². The van der Waals surface area contributed by atoms with Gasteiger partial charge in [-0.3, -0.25) is 0 Å². The van der Waals surface area contributed by atoms with Crippen LogP contribution in [-0.4, -0.2) is 13.3 Å². The van der Waals surface area contributed by atoms with Gasteiger partial charge in [0.2, 0.25) is 0 Å². The van der Waals surface area contributed by atoms with Crippen LogP contribution in [0.4, 0.5) is 0 Å². The van der Waals surface area contributed by atoms with E-state index in [9.17, 15) is 0 Å². The molecule has 32 valence electrons. The van der Waals surface area contributed by atoms with E-state index in [1.165, 1.54) is 0 Å². The van der Waals surface area contributed by atoms with Gasteiger partial charge < -0.3 is 0 Å². The van der Waals surface area contributed by atoms with E-state index in [0.29, 0.717) is 13.3 Å². The average Bonchev–Trinajstić information content (AvgIpc) is 1.72. The van der Waals surface area contributed by atoms with Crippen LogP contribution in [0.3, 0.4) is 0 Å². The average molecular weight is 84.1 g/mol. The Morgan fingerprint density at radius 1 is 0.667 bits per heavy atom. The third-order valence-electron chi connectivity index (χ3n) is 0.453. The van der Waals surface area contributed by atoms with Crippen molar-refractivity contribution in [3.05, 3.63) is 0 Å². The van der Waals surface area contributed by atoms with E-state index in [0.717, 1.165) is 0 Å². The van der Waals surface area contributed by atoms with E-state index in [1.807, 2.05) is 0 Å². The third-order valence-corrected chi connectivity index (χ3v) is 0.453. The number of rotatable bonds is 0. The molecule has 0 spiro atoms. The highest BCUT2D eigenvalue weighted by molar-refractivity contribution is 4.37. The molecule has 0 radical (unpaired) electrons. The number of azo groups is 2. The van der Waals surface area contributed by atoms with E-state index >= 15 is 0 Å². The van der Waals surface area contributed by atoms with E-state index in [-0.39, 0.29) is 0 Å². The van der Waals surface area contributed by atoms with Gasteiger partial charge in [-0.05, 0) is 0 Å². The lowest BCUT2D eigenvalue weighted by Gasteiger charge is -1.86. The van der Waals surface area contributed by atoms with E-state index in [2.05, 4.69) is 20.5 Å².